The Hall–Kier alpha value is -0.720. The second-order valence-corrected chi connectivity index (χ2v) is 6.53. The highest BCUT2D eigenvalue weighted by atomic mass is 15.1. The van der Waals surface area contributed by atoms with Crippen molar-refractivity contribution < 1.29 is 0 Å². The van der Waals surface area contributed by atoms with E-state index in [4.69, 9.17) is 0 Å². The zero-order chi connectivity index (χ0) is 14.8. The van der Waals surface area contributed by atoms with Gasteiger partial charge >= 0.3 is 0 Å². The summed E-state index contributed by atoms with van der Waals surface area (Å²) in [5.41, 5.74) is 1.59. The Morgan fingerprint density at radius 1 is 1.25 bits per heavy atom. The highest BCUT2D eigenvalue weighted by molar-refractivity contribution is 5.05. The lowest BCUT2D eigenvalue weighted by atomic mass is 9.82. The molecular formula is C19H35N. The maximum atomic E-state index is 2.54. The van der Waals surface area contributed by atoms with Gasteiger partial charge in [-0.3, -0.25) is 0 Å². The molecule has 0 spiro atoms. The van der Waals surface area contributed by atoms with Gasteiger partial charge in [-0.05, 0) is 57.1 Å². The van der Waals surface area contributed by atoms with E-state index < -0.39 is 0 Å². The minimum atomic E-state index is 0.713. The average Bonchev–Trinajstić information content (AvgIpc) is 2.47. The van der Waals surface area contributed by atoms with Crippen molar-refractivity contribution in [3.05, 3.63) is 23.9 Å². The fraction of sp³-hybridized carbons (Fsp3) is 0.789. The van der Waals surface area contributed by atoms with Crippen molar-refractivity contribution in [2.45, 2.75) is 72.6 Å². The largest absolute Gasteiger partial charge is 0.378 e. The smallest absolute Gasteiger partial charge is 0.0172 e. The first-order valence-corrected chi connectivity index (χ1v) is 8.75. The molecule has 0 radical (unpaired) electrons. The molecule has 116 valence electrons. The maximum Gasteiger partial charge on any atom is 0.0172 e. The molecule has 0 aromatic rings. The molecule has 1 aliphatic rings. The summed E-state index contributed by atoms with van der Waals surface area (Å²) in [4.78, 5) is 2.54. The van der Waals surface area contributed by atoms with E-state index in [2.05, 4.69) is 50.9 Å². The molecule has 1 nitrogen and oxygen atoms in total. The highest BCUT2D eigenvalue weighted by Crippen LogP contribution is 2.29. The van der Waals surface area contributed by atoms with E-state index in [1.54, 1.807) is 5.57 Å². The quantitative estimate of drug-likeness (QED) is 0.482. The molecule has 0 aromatic carbocycles. The molecular weight excluding hydrogens is 242 g/mol. The van der Waals surface area contributed by atoms with Gasteiger partial charge in [0, 0.05) is 13.1 Å². The Kier molecular flexibility index (Phi) is 8.73. The van der Waals surface area contributed by atoms with Gasteiger partial charge in [-0.2, -0.15) is 0 Å². The summed E-state index contributed by atoms with van der Waals surface area (Å²) in [7, 11) is 0. The summed E-state index contributed by atoms with van der Waals surface area (Å²) in [6, 6.07) is 0. The average molecular weight is 277 g/mol. The highest BCUT2D eigenvalue weighted by Gasteiger charge is 2.17. The molecule has 2 unspecified atom stereocenters. The normalized spacial score (nSPS) is 21.0. The summed E-state index contributed by atoms with van der Waals surface area (Å²) in [5, 5.41) is 0. The van der Waals surface area contributed by atoms with Gasteiger partial charge in [0.1, 0.15) is 0 Å². The number of unbranched alkanes of at least 4 members (excludes halogenated alkanes) is 2. The monoisotopic (exact) mass is 277 g/mol. The van der Waals surface area contributed by atoms with Gasteiger partial charge in [0.2, 0.25) is 0 Å². The lowest BCUT2D eigenvalue weighted by Gasteiger charge is -2.26. The van der Waals surface area contributed by atoms with Crippen molar-refractivity contribution in [1.29, 1.82) is 0 Å². The Labute approximate surface area is 127 Å². The van der Waals surface area contributed by atoms with E-state index in [1.165, 1.54) is 58.0 Å². The third-order valence-electron chi connectivity index (χ3n) is 4.62. The van der Waals surface area contributed by atoms with Gasteiger partial charge in [0.05, 0.1) is 0 Å². The topological polar surface area (TPSA) is 3.24 Å². The standard InChI is InChI=1S/C19H35N/c1-5-7-14-20(15-8-6-2)16-13-18(4)19-11-9-17(3)10-12-19/h9,13,16,18-19H,5-8,10-12,14-15H2,1-4H3. The van der Waals surface area contributed by atoms with Crippen LogP contribution in [0.15, 0.2) is 23.9 Å². The minimum absolute atomic E-state index is 0.713. The fourth-order valence-electron chi connectivity index (χ4n) is 2.86. The van der Waals surface area contributed by atoms with Crippen LogP contribution in [0.2, 0.25) is 0 Å². The Morgan fingerprint density at radius 2 is 1.90 bits per heavy atom. The number of rotatable bonds is 9. The van der Waals surface area contributed by atoms with Gasteiger partial charge in [-0.15, -0.1) is 0 Å². The summed E-state index contributed by atoms with van der Waals surface area (Å²) < 4.78 is 0. The predicted octanol–water partition coefficient (Wildman–Crippen LogP) is 5.78. The summed E-state index contributed by atoms with van der Waals surface area (Å²) >= 11 is 0. The molecule has 0 amide bonds. The SMILES string of the molecule is CCCCN(C=CC(C)C1CC=C(C)CC1)CCCC. The van der Waals surface area contributed by atoms with Crippen molar-refractivity contribution >= 4 is 0 Å². The number of hydrogen-bond acceptors (Lipinski definition) is 1. The molecule has 2 atom stereocenters. The molecule has 0 aromatic heterocycles. The third kappa shape index (κ3) is 6.63. The third-order valence-corrected chi connectivity index (χ3v) is 4.62. The first-order chi connectivity index (χ1) is 9.67. The van der Waals surface area contributed by atoms with E-state index in [1.807, 2.05) is 0 Å². The molecule has 0 saturated heterocycles. The van der Waals surface area contributed by atoms with Gasteiger partial charge in [0.25, 0.3) is 0 Å². The second kappa shape index (κ2) is 10.1. The van der Waals surface area contributed by atoms with Crippen LogP contribution >= 0.6 is 0 Å². The van der Waals surface area contributed by atoms with Gasteiger partial charge in [-0.1, -0.05) is 51.3 Å². The number of allylic oxidation sites excluding steroid dienone is 3. The van der Waals surface area contributed by atoms with Crippen molar-refractivity contribution in [3.63, 3.8) is 0 Å². The molecule has 0 N–H and O–H groups in total. The maximum absolute atomic E-state index is 2.54. The molecule has 0 saturated carbocycles. The molecule has 0 aliphatic heterocycles. The van der Waals surface area contributed by atoms with Crippen molar-refractivity contribution in [3.8, 4) is 0 Å². The summed E-state index contributed by atoms with van der Waals surface area (Å²) in [6.45, 7) is 11.7. The number of nitrogens with zero attached hydrogens (tertiary/aromatic N) is 1. The second-order valence-electron chi connectivity index (χ2n) is 6.53. The van der Waals surface area contributed by atoms with E-state index in [9.17, 15) is 0 Å². The predicted molar refractivity (Wildman–Crippen MR) is 90.8 cm³/mol. The minimum Gasteiger partial charge on any atom is -0.378 e. The van der Waals surface area contributed by atoms with Crippen LogP contribution in [0.3, 0.4) is 0 Å². The Morgan fingerprint density at radius 3 is 2.40 bits per heavy atom. The first kappa shape index (κ1) is 17.3. The van der Waals surface area contributed by atoms with Crippen LogP contribution in [0.1, 0.15) is 72.6 Å². The summed E-state index contributed by atoms with van der Waals surface area (Å²) in [5.74, 6) is 1.57. The first-order valence-electron chi connectivity index (χ1n) is 8.75. The lowest BCUT2D eigenvalue weighted by Crippen LogP contribution is -2.21. The zero-order valence-electron chi connectivity index (χ0n) is 14.2. The van der Waals surface area contributed by atoms with Crippen LogP contribution in [0, 0.1) is 11.8 Å². The summed E-state index contributed by atoms with van der Waals surface area (Å²) in [6.07, 6.45) is 16.5. The van der Waals surface area contributed by atoms with Crippen molar-refractivity contribution in [2.24, 2.45) is 11.8 Å². The van der Waals surface area contributed by atoms with Crippen LogP contribution in [-0.4, -0.2) is 18.0 Å². The van der Waals surface area contributed by atoms with Crippen LogP contribution in [0.4, 0.5) is 0 Å². The molecule has 1 heteroatoms. The van der Waals surface area contributed by atoms with E-state index >= 15 is 0 Å². The van der Waals surface area contributed by atoms with Crippen molar-refractivity contribution in [1.82, 2.24) is 4.90 Å². The lowest BCUT2D eigenvalue weighted by molar-refractivity contribution is 0.344. The van der Waals surface area contributed by atoms with E-state index in [0.29, 0.717) is 5.92 Å². The molecule has 0 fully saturated rings. The fourth-order valence-corrected chi connectivity index (χ4v) is 2.86. The van der Waals surface area contributed by atoms with Crippen molar-refractivity contribution in [2.75, 3.05) is 13.1 Å². The van der Waals surface area contributed by atoms with Gasteiger partial charge < -0.3 is 4.90 Å². The zero-order valence-corrected chi connectivity index (χ0v) is 14.2. The van der Waals surface area contributed by atoms with Crippen LogP contribution in [0.25, 0.3) is 0 Å². The van der Waals surface area contributed by atoms with E-state index in [-0.39, 0.29) is 0 Å². The molecule has 1 aliphatic carbocycles. The van der Waals surface area contributed by atoms with Gasteiger partial charge in [0.15, 0.2) is 0 Å². The van der Waals surface area contributed by atoms with Crippen LogP contribution in [0.5, 0.6) is 0 Å². The van der Waals surface area contributed by atoms with E-state index in [0.717, 1.165) is 5.92 Å². The van der Waals surface area contributed by atoms with Gasteiger partial charge in [-0.25, -0.2) is 0 Å². The molecule has 1 rings (SSSR count). The number of hydrogen-bond donors (Lipinski definition) is 0. The molecule has 20 heavy (non-hydrogen) atoms. The molecule has 0 bridgehead atoms. The van der Waals surface area contributed by atoms with Crippen LogP contribution in [-0.2, 0) is 0 Å². The molecule has 0 heterocycles. The van der Waals surface area contributed by atoms with Crippen LogP contribution < -0.4 is 0 Å². The Balaban J connectivity index is 2.44. The Bertz CT molecular complexity index is 295.